The van der Waals surface area contributed by atoms with E-state index in [1.54, 1.807) is 7.11 Å². The Balaban J connectivity index is 2.65. The molecular weight excluding hydrogens is 234 g/mol. The van der Waals surface area contributed by atoms with Gasteiger partial charge in [0.05, 0.1) is 7.11 Å². The van der Waals surface area contributed by atoms with Crippen molar-refractivity contribution >= 4 is 0 Å². The van der Waals surface area contributed by atoms with Crippen LogP contribution in [-0.2, 0) is 6.42 Å². The maximum atomic E-state index is 5.46. The standard InChI is InChI=1S/C17H29NO/c1-12(2)18-11-15(5)14(4)10-16-9-13(3)7-8-17(16)19-6/h7-9,12,14-15,18H,10-11H2,1-6H3. The quantitative estimate of drug-likeness (QED) is 0.807. The molecule has 0 aliphatic heterocycles. The van der Waals surface area contributed by atoms with Crippen LogP contribution < -0.4 is 10.1 Å². The Bertz CT molecular complexity index is 387. The molecule has 0 fully saturated rings. The van der Waals surface area contributed by atoms with Crippen molar-refractivity contribution in [2.24, 2.45) is 11.8 Å². The third kappa shape index (κ3) is 5.23. The van der Waals surface area contributed by atoms with E-state index in [2.05, 4.69) is 58.1 Å². The van der Waals surface area contributed by atoms with Crippen LogP contribution in [0, 0.1) is 18.8 Å². The fraction of sp³-hybridized carbons (Fsp3) is 0.647. The van der Waals surface area contributed by atoms with E-state index >= 15 is 0 Å². The molecule has 0 saturated heterocycles. The maximum Gasteiger partial charge on any atom is 0.122 e. The van der Waals surface area contributed by atoms with Crippen molar-refractivity contribution in [3.63, 3.8) is 0 Å². The Labute approximate surface area is 118 Å². The van der Waals surface area contributed by atoms with E-state index in [9.17, 15) is 0 Å². The summed E-state index contributed by atoms with van der Waals surface area (Å²) in [4.78, 5) is 0. The molecule has 0 aliphatic carbocycles. The van der Waals surface area contributed by atoms with Crippen molar-refractivity contribution < 1.29 is 4.74 Å². The van der Waals surface area contributed by atoms with E-state index in [1.165, 1.54) is 11.1 Å². The Kier molecular flexibility index (Phi) is 6.36. The molecule has 108 valence electrons. The van der Waals surface area contributed by atoms with Gasteiger partial charge in [-0.05, 0) is 43.4 Å². The second-order valence-electron chi connectivity index (χ2n) is 6.04. The topological polar surface area (TPSA) is 21.3 Å². The number of benzene rings is 1. The minimum atomic E-state index is 0.558. The Morgan fingerprint density at radius 2 is 1.79 bits per heavy atom. The largest absolute Gasteiger partial charge is 0.496 e. The van der Waals surface area contributed by atoms with Crippen LogP contribution in [0.25, 0.3) is 0 Å². The van der Waals surface area contributed by atoms with E-state index < -0.39 is 0 Å². The summed E-state index contributed by atoms with van der Waals surface area (Å²) < 4.78 is 5.46. The van der Waals surface area contributed by atoms with Crippen LogP contribution in [-0.4, -0.2) is 19.7 Å². The zero-order valence-corrected chi connectivity index (χ0v) is 13.3. The molecule has 2 nitrogen and oxygen atoms in total. The molecule has 0 radical (unpaired) electrons. The van der Waals surface area contributed by atoms with Gasteiger partial charge in [0, 0.05) is 6.04 Å². The Morgan fingerprint density at radius 1 is 1.11 bits per heavy atom. The number of nitrogens with one attached hydrogen (secondary N) is 1. The van der Waals surface area contributed by atoms with Gasteiger partial charge >= 0.3 is 0 Å². The third-order valence-corrected chi connectivity index (χ3v) is 3.80. The number of aryl methyl sites for hydroxylation is 1. The first kappa shape index (κ1) is 16.0. The van der Waals surface area contributed by atoms with Gasteiger partial charge in [0.1, 0.15) is 5.75 Å². The maximum absolute atomic E-state index is 5.46. The van der Waals surface area contributed by atoms with Gasteiger partial charge in [0.2, 0.25) is 0 Å². The number of rotatable bonds is 7. The highest BCUT2D eigenvalue weighted by Crippen LogP contribution is 2.25. The minimum absolute atomic E-state index is 0.558. The summed E-state index contributed by atoms with van der Waals surface area (Å²) in [6.07, 6.45) is 1.08. The summed E-state index contributed by atoms with van der Waals surface area (Å²) in [5.41, 5.74) is 2.63. The van der Waals surface area contributed by atoms with Gasteiger partial charge in [-0.1, -0.05) is 45.4 Å². The molecule has 1 N–H and O–H groups in total. The highest BCUT2D eigenvalue weighted by molar-refractivity contribution is 5.37. The molecular formula is C17H29NO. The zero-order valence-electron chi connectivity index (χ0n) is 13.3. The summed E-state index contributed by atoms with van der Waals surface area (Å²) in [7, 11) is 1.75. The molecule has 1 rings (SSSR count). The molecule has 0 aromatic heterocycles. The van der Waals surface area contributed by atoms with Gasteiger partial charge in [-0.25, -0.2) is 0 Å². The summed E-state index contributed by atoms with van der Waals surface area (Å²) in [5.74, 6) is 2.32. The average Bonchev–Trinajstić information content (AvgIpc) is 2.36. The van der Waals surface area contributed by atoms with Crippen LogP contribution in [0.4, 0.5) is 0 Å². The van der Waals surface area contributed by atoms with Crippen molar-refractivity contribution in [2.45, 2.75) is 47.1 Å². The smallest absolute Gasteiger partial charge is 0.122 e. The first-order chi connectivity index (χ1) is 8.93. The number of hydrogen-bond donors (Lipinski definition) is 1. The lowest BCUT2D eigenvalue weighted by Crippen LogP contribution is -2.31. The lowest BCUT2D eigenvalue weighted by molar-refractivity contribution is 0.346. The van der Waals surface area contributed by atoms with E-state index in [-0.39, 0.29) is 0 Å². The molecule has 0 amide bonds. The van der Waals surface area contributed by atoms with E-state index in [0.29, 0.717) is 17.9 Å². The third-order valence-electron chi connectivity index (χ3n) is 3.80. The van der Waals surface area contributed by atoms with E-state index in [4.69, 9.17) is 4.74 Å². The summed E-state index contributed by atoms with van der Waals surface area (Å²) in [5, 5.41) is 3.52. The molecule has 0 saturated carbocycles. The minimum Gasteiger partial charge on any atom is -0.496 e. The molecule has 2 atom stereocenters. The van der Waals surface area contributed by atoms with Crippen molar-refractivity contribution in [3.05, 3.63) is 29.3 Å². The summed E-state index contributed by atoms with van der Waals surface area (Å²) >= 11 is 0. The molecule has 0 bridgehead atoms. The van der Waals surface area contributed by atoms with Gasteiger partial charge in [0.15, 0.2) is 0 Å². The monoisotopic (exact) mass is 263 g/mol. The molecule has 1 aromatic carbocycles. The lowest BCUT2D eigenvalue weighted by atomic mass is 9.88. The Hall–Kier alpha value is -1.02. The average molecular weight is 263 g/mol. The van der Waals surface area contributed by atoms with Crippen molar-refractivity contribution in [1.29, 1.82) is 0 Å². The molecule has 0 spiro atoms. The fourth-order valence-electron chi connectivity index (χ4n) is 2.24. The number of ether oxygens (including phenoxy) is 1. The van der Waals surface area contributed by atoms with Gasteiger partial charge in [-0.15, -0.1) is 0 Å². The number of hydrogen-bond acceptors (Lipinski definition) is 2. The zero-order chi connectivity index (χ0) is 14.4. The van der Waals surface area contributed by atoms with E-state index in [0.717, 1.165) is 18.7 Å². The van der Waals surface area contributed by atoms with Crippen molar-refractivity contribution in [2.75, 3.05) is 13.7 Å². The highest BCUT2D eigenvalue weighted by Gasteiger charge is 2.15. The van der Waals surface area contributed by atoms with Gasteiger partial charge in [-0.3, -0.25) is 0 Å². The SMILES string of the molecule is COc1ccc(C)cc1CC(C)C(C)CNC(C)C. The molecule has 2 heteroatoms. The first-order valence-corrected chi connectivity index (χ1v) is 7.31. The summed E-state index contributed by atoms with van der Waals surface area (Å²) in [6, 6.07) is 6.99. The van der Waals surface area contributed by atoms with E-state index in [1.807, 2.05) is 0 Å². The van der Waals surface area contributed by atoms with Crippen LogP contribution >= 0.6 is 0 Å². The van der Waals surface area contributed by atoms with Gasteiger partial charge < -0.3 is 10.1 Å². The van der Waals surface area contributed by atoms with Crippen molar-refractivity contribution in [1.82, 2.24) is 5.32 Å². The van der Waals surface area contributed by atoms with Crippen molar-refractivity contribution in [3.8, 4) is 5.75 Å². The lowest BCUT2D eigenvalue weighted by Gasteiger charge is -2.22. The summed E-state index contributed by atoms with van der Waals surface area (Å²) in [6.45, 7) is 12.3. The molecule has 0 heterocycles. The fourth-order valence-corrected chi connectivity index (χ4v) is 2.24. The van der Waals surface area contributed by atoms with Crippen LogP contribution in [0.5, 0.6) is 5.75 Å². The molecule has 0 aliphatic rings. The van der Waals surface area contributed by atoms with Crippen LogP contribution in [0.2, 0.25) is 0 Å². The second kappa shape index (κ2) is 7.54. The van der Waals surface area contributed by atoms with Crippen LogP contribution in [0.1, 0.15) is 38.8 Å². The van der Waals surface area contributed by atoms with Gasteiger partial charge in [0.25, 0.3) is 0 Å². The van der Waals surface area contributed by atoms with Crippen LogP contribution in [0.3, 0.4) is 0 Å². The number of methoxy groups -OCH3 is 1. The second-order valence-corrected chi connectivity index (χ2v) is 6.04. The van der Waals surface area contributed by atoms with Gasteiger partial charge in [-0.2, -0.15) is 0 Å². The van der Waals surface area contributed by atoms with Crippen LogP contribution in [0.15, 0.2) is 18.2 Å². The first-order valence-electron chi connectivity index (χ1n) is 7.31. The predicted molar refractivity (Wildman–Crippen MR) is 82.9 cm³/mol. The molecule has 1 aromatic rings. The Morgan fingerprint density at radius 3 is 2.37 bits per heavy atom. The predicted octanol–water partition coefficient (Wildman–Crippen LogP) is 3.82. The molecule has 19 heavy (non-hydrogen) atoms. The normalized spacial score (nSPS) is 14.5. The highest BCUT2D eigenvalue weighted by atomic mass is 16.5. The molecule has 2 unspecified atom stereocenters.